The highest BCUT2D eigenvalue weighted by molar-refractivity contribution is 5.41. The highest BCUT2D eigenvalue weighted by Gasteiger charge is 2.06. The van der Waals surface area contributed by atoms with E-state index in [4.69, 9.17) is 14.7 Å². The van der Waals surface area contributed by atoms with E-state index in [1.54, 1.807) is 19.2 Å². The molecule has 0 aliphatic carbocycles. The highest BCUT2D eigenvalue weighted by atomic mass is 16.5. The summed E-state index contributed by atoms with van der Waals surface area (Å²) >= 11 is 0. The van der Waals surface area contributed by atoms with Crippen molar-refractivity contribution in [3.05, 3.63) is 53.2 Å². The van der Waals surface area contributed by atoms with E-state index < -0.39 is 0 Å². The number of pyridine rings is 1. The number of nitrogens with zero attached hydrogens (tertiary/aromatic N) is 2. The van der Waals surface area contributed by atoms with E-state index in [2.05, 4.69) is 11.1 Å². The van der Waals surface area contributed by atoms with Crippen molar-refractivity contribution in [2.45, 2.75) is 13.3 Å². The molecule has 102 valence electrons. The Kier molecular flexibility index (Phi) is 4.70. The number of nitriles is 1. The minimum atomic E-state index is 0.345. The smallest absolute Gasteiger partial charge is 0.237 e. The molecule has 20 heavy (non-hydrogen) atoms. The van der Waals surface area contributed by atoms with Gasteiger partial charge in [-0.1, -0.05) is 12.1 Å². The molecule has 0 N–H and O–H groups in total. The molecule has 0 unspecified atom stereocenters. The summed E-state index contributed by atoms with van der Waals surface area (Å²) in [5.74, 6) is 1.01. The van der Waals surface area contributed by atoms with Crippen LogP contribution in [0.5, 0.6) is 11.6 Å². The molecule has 0 bridgehead atoms. The van der Waals surface area contributed by atoms with Gasteiger partial charge >= 0.3 is 0 Å². The minimum absolute atomic E-state index is 0.345. The number of rotatable bonds is 5. The first kappa shape index (κ1) is 14.0. The summed E-state index contributed by atoms with van der Waals surface area (Å²) in [6, 6.07) is 13.3. The zero-order chi connectivity index (χ0) is 14.4. The maximum atomic E-state index is 9.04. The molecule has 0 radical (unpaired) electrons. The van der Waals surface area contributed by atoms with Crippen molar-refractivity contribution in [3.63, 3.8) is 0 Å². The first-order valence-corrected chi connectivity index (χ1v) is 6.36. The summed E-state index contributed by atoms with van der Waals surface area (Å²) in [5.41, 5.74) is 2.42. The van der Waals surface area contributed by atoms with Gasteiger partial charge < -0.3 is 9.47 Å². The highest BCUT2D eigenvalue weighted by Crippen LogP contribution is 2.23. The first-order chi connectivity index (χ1) is 9.72. The molecule has 1 heterocycles. The standard InChI is InChI=1S/C16H16N2O2/c1-12-3-6-14(11-17)16(18-12)20-15-7-4-13(5-8-15)9-10-19-2/h3-8H,9-10H2,1-2H3. The molecule has 1 aromatic carbocycles. The van der Waals surface area contributed by atoms with Crippen LogP contribution in [0.15, 0.2) is 36.4 Å². The van der Waals surface area contributed by atoms with Crippen LogP contribution in [0.1, 0.15) is 16.8 Å². The van der Waals surface area contributed by atoms with Crippen LogP contribution in [-0.2, 0) is 11.2 Å². The molecule has 4 nitrogen and oxygen atoms in total. The Labute approximate surface area is 118 Å². The van der Waals surface area contributed by atoms with Gasteiger partial charge in [-0.15, -0.1) is 0 Å². The van der Waals surface area contributed by atoms with Crippen molar-refractivity contribution in [2.24, 2.45) is 0 Å². The summed E-state index contributed by atoms with van der Waals surface area (Å²) in [5, 5.41) is 9.04. The molecular weight excluding hydrogens is 252 g/mol. The molecule has 0 saturated heterocycles. The predicted molar refractivity (Wildman–Crippen MR) is 75.8 cm³/mol. The van der Waals surface area contributed by atoms with Gasteiger partial charge in [0.15, 0.2) is 0 Å². The lowest BCUT2D eigenvalue weighted by Crippen LogP contribution is -1.96. The van der Waals surface area contributed by atoms with Gasteiger partial charge in [0.05, 0.1) is 6.61 Å². The Morgan fingerprint density at radius 3 is 2.55 bits per heavy atom. The molecule has 1 aromatic heterocycles. The largest absolute Gasteiger partial charge is 0.438 e. The van der Waals surface area contributed by atoms with E-state index in [0.29, 0.717) is 23.8 Å². The second-order valence-corrected chi connectivity index (χ2v) is 4.41. The number of aromatic nitrogens is 1. The maximum Gasteiger partial charge on any atom is 0.237 e. The third kappa shape index (κ3) is 3.56. The average Bonchev–Trinajstić information content (AvgIpc) is 2.47. The molecule has 2 aromatic rings. The van der Waals surface area contributed by atoms with Crippen molar-refractivity contribution in [1.82, 2.24) is 4.98 Å². The Bertz CT molecular complexity index is 615. The lowest BCUT2D eigenvalue weighted by atomic mass is 10.1. The van der Waals surface area contributed by atoms with Crippen LogP contribution in [0.25, 0.3) is 0 Å². The van der Waals surface area contributed by atoms with Gasteiger partial charge in [-0.3, -0.25) is 0 Å². The maximum absolute atomic E-state index is 9.04. The molecule has 0 atom stereocenters. The third-order valence-electron chi connectivity index (χ3n) is 2.85. The van der Waals surface area contributed by atoms with Gasteiger partial charge in [0.1, 0.15) is 17.4 Å². The Morgan fingerprint density at radius 2 is 1.90 bits per heavy atom. The van der Waals surface area contributed by atoms with Crippen LogP contribution in [0.3, 0.4) is 0 Å². The molecule has 0 fully saturated rings. The fraction of sp³-hybridized carbons (Fsp3) is 0.250. The molecule has 2 rings (SSSR count). The van der Waals surface area contributed by atoms with Crippen molar-refractivity contribution in [2.75, 3.05) is 13.7 Å². The van der Waals surface area contributed by atoms with Crippen LogP contribution < -0.4 is 4.74 Å². The number of hydrogen-bond acceptors (Lipinski definition) is 4. The fourth-order valence-corrected chi connectivity index (χ4v) is 1.75. The van der Waals surface area contributed by atoms with E-state index >= 15 is 0 Å². The zero-order valence-corrected chi connectivity index (χ0v) is 11.6. The van der Waals surface area contributed by atoms with Crippen molar-refractivity contribution < 1.29 is 9.47 Å². The van der Waals surface area contributed by atoms with Gasteiger partial charge in [0.2, 0.25) is 5.88 Å². The second-order valence-electron chi connectivity index (χ2n) is 4.41. The predicted octanol–water partition coefficient (Wildman–Crippen LogP) is 3.24. The second kappa shape index (κ2) is 6.69. The summed E-state index contributed by atoms with van der Waals surface area (Å²) in [7, 11) is 1.68. The summed E-state index contributed by atoms with van der Waals surface area (Å²) in [6.45, 7) is 2.56. The number of aryl methyl sites for hydroxylation is 1. The minimum Gasteiger partial charge on any atom is -0.438 e. The van der Waals surface area contributed by atoms with Crippen LogP contribution >= 0.6 is 0 Å². The lowest BCUT2D eigenvalue weighted by molar-refractivity contribution is 0.202. The number of ether oxygens (including phenoxy) is 2. The molecule has 4 heteroatoms. The molecule has 0 aliphatic heterocycles. The third-order valence-corrected chi connectivity index (χ3v) is 2.85. The molecule has 0 saturated carbocycles. The van der Waals surface area contributed by atoms with Crippen LogP contribution in [0.4, 0.5) is 0 Å². The molecule has 0 spiro atoms. The molecule has 0 aliphatic rings. The monoisotopic (exact) mass is 268 g/mol. The fourth-order valence-electron chi connectivity index (χ4n) is 1.75. The molecular formula is C16H16N2O2. The van der Waals surface area contributed by atoms with E-state index in [1.807, 2.05) is 31.2 Å². The lowest BCUT2D eigenvalue weighted by Gasteiger charge is -2.08. The normalized spacial score (nSPS) is 10.1. The summed E-state index contributed by atoms with van der Waals surface area (Å²) < 4.78 is 10.7. The SMILES string of the molecule is COCCc1ccc(Oc2nc(C)ccc2C#N)cc1. The van der Waals surface area contributed by atoms with Crippen LogP contribution in [0.2, 0.25) is 0 Å². The quantitative estimate of drug-likeness (QED) is 0.835. The van der Waals surface area contributed by atoms with E-state index in [1.165, 1.54) is 5.56 Å². The van der Waals surface area contributed by atoms with Gasteiger partial charge in [-0.2, -0.15) is 5.26 Å². The van der Waals surface area contributed by atoms with Gasteiger partial charge in [0, 0.05) is 12.8 Å². The van der Waals surface area contributed by atoms with E-state index in [9.17, 15) is 0 Å². The Hall–Kier alpha value is -2.38. The van der Waals surface area contributed by atoms with Crippen molar-refractivity contribution >= 4 is 0 Å². The topological polar surface area (TPSA) is 55.1 Å². The summed E-state index contributed by atoms with van der Waals surface area (Å²) in [6.07, 6.45) is 0.864. The van der Waals surface area contributed by atoms with Crippen molar-refractivity contribution in [3.8, 4) is 17.7 Å². The Balaban J connectivity index is 2.14. The van der Waals surface area contributed by atoms with Crippen LogP contribution in [0, 0.1) is 18.3 Å². The number of benzene rings is 1. The average molecular weight is 268 g/mol. The van der Waals surface area contributed by atoms with Crippen LogP contribution in [-0.4, -0.2) is 18.7 Å². The first-order valence-electron chi connectivity index (χ1n) is 6.36. The van der Waals surface area contributed by atoms with E-state index in [0.717, 1.165) is 12.1 Å². The number of methoxy groups -OCH3 is 1. The van der Waals surface area contributed by atoms with E-state index in [-0.39, 0.29) is 0 Å². The number of hydrogen-bond donors (Lipinski definition) is 0. The Morgan fingerprint density at radius 1 is 1.15 bits per heavy atom. The van der Waals surface area contributed by atoms with Crippen molar-refractivity contribution in [1.29, 1.82) is 5.26 Å². The van der Waals surface area contributed by atoms with Gasteiger partial charge in [-0.25, -0.2) is 4.98 Å². The summed E-state index contributed by atoms with van der Waals surface area (Å²) in [4.78, 5) is 4.25. The molecule has 0 amide bonds. The van der Waals surface area contributed by atoms with Gasteiger partial charge in [0.25, 0.3) is 0 Å². The van der Waals surface area contributed by atoms with Gasteiger partial charge in [-0.05, 0) is 43.2 Å². The zero-order valence-electron chi connectivity index (χ0n) is 11.6.